The van der Waals surface area contributed by atoms with Crippen molar-refractivity contribution in [2.75, 3.05) is 31.1 Å². The highest BCUT2D eigenvalue weighted by Crippen LogP contribution is 2.31. The first-order valence-corrected chi connectivity index (χ1v) is 10.5. The lowest BCUT2D eigenvalue weighted by atomic mass is 9.94. The zero-order valence-corrected chi connectivity index (χ0v) is 17.7. The summed E-state index contributed by atoms with van der Waals surface area (Å²) >= 11 is 0. The molecule has 5 rings (SSSR count). The van der Waals surface area contributed by atoms with Gasteiger partial charge in [0.2, 0.25) is 5.95 Å². The number of morpholine rings is 1. The van der Waals surface area contributed by atoms with Crippen LogP contribution in [0.15, 0.2) is 18.2 Å². The first kappa shape index (κ1) is 20.1. The third-order valence-electron chi connectivity index (χ3n) is 6.02. The van der Waals surface area contributed by atoms with Crippen molar-refractivity contribution in [3.05, 3.63) is 41.2 Å². The number of benzene rings is 1. The maximum atomic E-state index is 14.7. The minimum atomic E-state index is -0.695. The zero-order chi connectivity index (χ0) is 21.7. The van der Waals surface area contributed by atoms with Crippen molar-refractivity contribution in [3.8, 4) is 11.3 Å². The smallest absolute Gasteiger partial charge is 0.228 e. The molecule has 2 aromatic heterocycles. The van der Waals surface area contributed by atoms with Gasteiger partial charge in [-0.1, -0.05) is 0 Å². The first-order chi connectivity index (χ1) is 14.9. The Balaban J connectivity index is 1.64. The van der Waals surface area contributed by atoms with Crippen molar-refractivity contribution < 1.29 is 13.5 Å². The molecule has 0 amide bonds. The highest BCUT2D eigenvalue weighted by Gasteiger charge is 2.35. The molecule has 31 heavy (non-hydrogen) atoms. The van der Waals surface area contributed by atoms with Gasteiger partial charge in [0.15, 0.2) is 5.65 Å². The molecule has 0 radical (unpaired) electrons. The molecule has 2 saturated heterocycles. The van der Waals surface area contributed by atoms with Crippen LogP contribution in [-0.2, 0) is 4.74 Å². The number of aryl methyl sites for hydroxylation is 2. The van der Waals surface area contributed by atoms with Crippen molar-refractivity contribution in [1.29, 1.82) is 0 Å². The summed E-state index contributed by atoms with van der Waals surface area (Å²) in [4.78, 5) is 20.6. The Kier molecular flexibility index (Phi) is 5.02. The molecule has 7 nitrogen and oxygen atoms in total. The van der Waals surface area contributed by atoms with Crippen LogP contribution < -0.4 is 10.2 Å². The second kappa shape index (κ2) is 7.72. The molecule has 0 saturated carbocycles. The first-order valence-electron chi connectivity index (χ1n) is 10.5. The number of rotatable bonds is 3. The van der Waals surface area contributed by atoms with Crippen LogP contribution >= 0.6 is 0 Å². The summed E-state index contributed by atoms with van der Waals surface area (Å²) in [5.74, 6) is -0.433. The van der Waals surface area contributed by atoms with E-state index < -0.39 is 11.6 Å². The van der Waals surface area contributed by atoms with E-state index in [1.807, 2.05) is 20.8 Å². The number of nitrogens with one attached hydrogen (secondary N) is 1. The van der Waals surface area contributed by atoms with E-state index >= 15 is 0 Å². The van der Waals surface area contributed by atoms with Gasteiger partial charge in [-0.05, 0) is 32.9 Å². The highest BCUT2D eigenvalue weighted by molar-refractivity contribution is 5.88. The fraction of sp³-hybridized carbons (Fsp3) is 0.455. The highest BCUT2D eigenvalue weighted by atomic mass is 19.1. The maximum Gasteiger partial charge on any atom is 0.228 e. The van der Waals surface area contributed by atoms with Crippen LogP contribution in [0.4, 0.5) is 14.7 Å². The van der Waals surface area contributed by atoms with Gasteiger partial charge in [0, 0.05) is 43.7 Å². The minimum Gasteiger partial charge on any atom is -0.371 e. The van der Waals surface area contributed by atoms with Crippen molar-refractivity contribution in [1.82, 2.24) is 25.3 Å². The van der Waals surface area contributed by atoms with E-state index in [1.165, 1.54) is 12.1 Å². The summed E-state index contributed by atoms with van der Waals surface area (Å²) in [6, 6.07) is 3.46. The average Bonchev–Trinajstić information content (AvgIpc) is 2.67. The van der Waals surface area contributed by atoms with Crippen LogP contribution in [0.2, 0.25) is 0 Å². The van der Waals surface area contributed by atoms with Gasteiger partial charge < -0.3 is 15.0 Å². The van der Waals surface area contributed by atoms with Gasteiger partial charge >= 0.3 is 0 Å². The summed E-state index contributed by atoms with van der Waals surface area (Å²) in [6.45, 7) is 8.84. The average molecular weight is 426 g/mol. The third kappa shape index (κ3) is 3.72. The van der Waals surface area contributed by atoms with Gasteiger partial charge in [-0.15, -0.1) is 0 Å². The van der Waals surface area contributed by atoms with Crippen LogP contribution in [0.5, 0.6) is 0 Å². The van der Waals surface area contributed by atoms with Crippen molar-refractivity contribution in [2.45, 2.75) is 33.0 Å². The van der Waals surface area contributed by atoms with Crippen molar-refractivity contribution in [2.24, 2.45) is 5.92 Å². The fourth-order valence-electron chi connectivity index (χ4n) is 4.10. The molecule has 4 heterocycles. The lowest BCUT2D eigenvalue weighted by molar-refractivity contribution is -0.0580. The van der Waals surface area contributed by atoms with Crippen LogP contribution in [-0.4, -0.2) is 58.3 Å². The SMILES string of the molecule is Cc1nc2nc(N3C[C@H](C)O[C@@H](C4CNC4)C3)nc(-c3ccc(F)cc3F)c2nc1C. The van der Waals surface area contributed by atoms with Crippen molar-refractivity contribution >= 4 is 17.1 Å². The molecule has 2 fully saturated rings. The maximum absolute atomic E-state index is 14.7. The van der Waals surface area contributed by atoms with Gasteiger partial charge in [0.25, 0.3) is 0 Å². The standard InChI is InChI=1S/C22H24F2N6O/c1-11-9-30(10-18(31-11)14-7-25-8-14)22-28-19(16-5-4-15(23)6-17(16)24)20-21(29-22)27-13(3)12(2)26-20/h4-6,11,14,18,25H,7-10H2,1-3H3/t11-,18+/m0/s1. The lowest BCUT2D eigenvalue weighted by Crippen LogP contribution is -2.57. The number of hydrogen-bond acceptors (Lipinski definition) is 7. The normalized spacial score (nSPS) is 22.0. The van der Waals surface area contributed by atoms with E-state index in [9.17, 15) is 8.78 Å². The molecule has 0 bridgehead atoms. The molecule has 1 N–H and O–H groups in total. The minimum absolute atomic E-state index is 0.00972. The molecule has 1 aromatic carbocycles. The topological polar surface area (TPSA) is 76.1 Å². The third-order valence-corrected chi connectivity index (χ3v) is 6.02. The summed E-state index contributed by atoms with van der Waals surface area (Å²) in [5.41, 5.74) is 2.75. The largest absolute Gasteiger partial charge is 0.371 e. The van der Waals surface area contributed by atoms with E-state index in [4.69, 9.17) is 9.72 Å². The second-order valence-electron chi connectivity index (χ2n) is 8.37. The van der Waals surface area contributed by atoms with E-state index in [0.717, 1.165) is 24.8 Å². The van der Waals surface area contributed by atoms with Crippen LogP contribution in [0.1, 0.15) is 18.3 Å². The summed E-state index contributed by atoms with van der Waals surface area (Å²) < 4.78 is 34.4. The number of hydrogen-bond donors (Lipinski definition) is 1. The van der Waals surface area contributed by atoms with E-state index in [-0.39, 0.29) is 17.8 Å². The van der Waals surface area contributed by atoms with E-state index in [1.54, 1.807) is 0 Å². The van der Waals surface area contributed by atoms with Gasteiger partial charge in [-0.25, -0.2) is 23.7 Å². The molecule has 0 spiro atoms. The van der Waals surface area contributed by atoms with Gasteiger partial charge in [0.05, 0.1) is 23.6 Å². The molecule has 2 aliphatic heterocycles. The molecule has 3 aromatic rings. The Morgan fingerprint density at radius 1 is 1.03 bits per heavy atom. The fourth-order valence-corrected chi connectivity index (χ4v) is 4.10. The molecule has 9 heteroatoms. The summed E-state index contributed by atoms with van der Waals surface area (Å²) in [7, 11) is 0. The molecule has 2 aliphatic rings. The van der Waals surface area contributed by atoms with Gasteiger partial charge in [-0.3, -0.25) is 0 Å². The van der Waals surface area contributed by atoms with Crippen LogP contribution in [0.25, 0.3) is 22.4 Å². The van der Waals surface area contributed by atoms with Gasteiger partial charge in [-0.2, -0.15) is 4.98 Å². The van der Waals surface area contributed by atoms with Gasteiger partial charge in [0.1, 0.15) is 22.8 Å². The Morgan fingerprint density at radius 3 is 2.52 bits per heavy atom. The van der Waals surface area contributed by atoms with Crippen molar-refractivity contribution in [3.63, 3.8) is 0 Å². The monoisotopic (exact) mass is 426 g/mol. The van der Waals surface area contributed by atoms with Crippen LogP contribution in [0, 0.1) is 31.4 Å². The number of nitrogens with zero attached hydrogens (tertiary/aromatic N) is 5. The molecule has 2 atom stereocenters. The molecular formula is C22H24F2N6O. The quantitative estimate of drug-likeness (QED) is 0.690. The summed E-state index contributed by atoms with van der Waals surface area (Å²) in [5, 5.41) is 3.28. The lowest BCUT2D eigenvalue weighted by Gasteiger charge is -2.43. The number of anilines is 1. The zero-order valence-electron chi connectivity index (χ0n) is 17.7. The predicted molar refractivity (Wildman–Crippen MR) is 113 cm³/mol. The van der Waals surface area contributed by atoms with E-state index in [0.29, 0.717) is 47.5 Å². The number of halogens is 2. The molecule has 0 unspecified atom stereocenters. The van der Waals surface area contributed by atoms with Crippen LogP contribution in [0.3, 0.4) is 0 Å². The number of aromatic nitrogens is 4. The Bertz CT molecular complexity index is 1150. The Labute approximate surface area is 178 Å². The second-order valence-corrected chi connectivity index (χ2v) is 8.37. The molecule has 162 valence electrons. The predicted octanol–water partition coefficient (Wildman–Crippen LogP) is 2.79. The molecule has 0 aliphatic carbocycles. The Hall–Kier alpha value is -2.78. The van der Waals surface area contributed by atoms with E-state index in [2.05, 4.69) is 25.2 Å². The Morgan fingerprint density at radius 2 is 1.81 bits per heavy atom. The number of ether oxygens (including phenoxy) is 1. The molecular weight excluding hydrogens is 402 g/mol. The number of fused-ring (bicyclic) bond motifs is 1. The summed E-state index contributed by atoms with van der Waals surface area (Å²) in [6.07, 6.45) is 0.0802.